The van der Waals surface area contributed by atoms with E-state index in [4.69, 9.17) is 11.6 Å². The summed E-state index contributed by atoms with van der Waals surface area (Å²) in [4.78, 5) is 12.6. The van der Waals surface area contributed by atoms with E-state index in [1.165, 1.54) is 0 Å². The fourth-order valence-corrected chi connectivity index (χ4v) is 3.30. The Hall–Kier alpha value is -2.59. The van der Waals surface area contributed by atoms with Crippen molar-refractivity contribution < 1.29 is 4.79 Å². The number of nitrogens with one attached hydrogen (secondary N) is 1. The summed E-state index contributed by atoms with van der Waals surface area (Å²) in [5.41, 5.74) is 4.77. The highest BCUT2D eigenvalue weighted by molar-refractivity contribution is 6.32. The first-order chi connectivity index (χ1) is 12.6. The SMILES string of the molecule is CCc1ccc(Cl)c(CC)c1NC(=O)Cc1cnn(-c2ccccc2)c1. The molecule has 1 amide bonds. The fourth-order valence-electron chi connectivity index (χ4n) is 3.01. The quantitative estimate of drug-likeness (QED) is 0.678. The summed E-state index contributed by atoms with van der Waals surface area (Å²) in [5.74, 6) is -0.0655. The van der Waals surface area contributed by atoms with Gasteiger partial charge in [0, 0.05) is 16.9 Å². The van der Waals surface area contributed by atoms with Crippen LogP contribution in [0.3, 0.4) is 0 Å². The van der Waals surface area contributed by atoms with E-state index >= 15 is 0 Å². The maximum absolute atomic E-state index is 12.6. The lowest BCUT2D eigenvalue weighted by atomic mass is 10.0. The first-order valence-corrected chi connectivity index (χ1v) is 9.19. The Morgan fingerprint density at radius 2 is 1.88 bits per heavy atom. The number of rotatable bonds is 6. The summed E-state index contributed by atoms with van der Waals surface area (Å²) in [7, 11) is 0. The number of hydrogen-bond acceptors (Lipinski definition) is 2. The van der Waals surface area contributed by atoms with Crippen LogP contribution in [0.25, 0.3) is 5.69 Å². The van der Waals surface area contributed by atoms with Crippen molar-refractivity contribution in [3.63, 3.8) is 0 Å². The molecule has 0 fully saturated rings. The molecule has 0 bridgehead atoms. The van der Waals surface area contributed by atoms with Crippen LogP contribution in [0.1, 0.15) is 30.5 Å². The first kappa shape index (κ1) is 18.2. The molecule has 0 atom stereocenters. The predicted molar refractivity (Wildman–Crippen MR) is 106 cm³/mol. The van der Waals surface area contributed by atoms with Gasteiger partial charge < -0.3 is 5.32 Å². The molecule has 2 aromatic carbocycles. The van der Waals surface area contributed by atoms with Gasteiger partial charge >= 0.3 is 0 Å². The summed E-state index contributed by atoms with van der Waals surface area (Å²) < 4.78 is 1.77. The number of amides is 1. The molecule has 5 heteroatoms. The second-order valence-electron chi connectivity index (χ2n) is 6.12. The maximum Gasteiger partial charge on any atom is 0.228 e. The number of para-hydroxylation sites is 1. The number of hydrogen-bond donors (Lipinski definition) is 1. The van der Waals surface area contributed by atoms with Gasteiger partial charge in [0.2, 0.25) is 5.91 Å². The van der Waals surface area contributed by atoms with Crippen molar-refractivity contribution in [2.24, 2.45) is 0 Å². The largest absolute Gasteiger partial charge is 0.325 e. The van der Waals surface area contributed by atoms with Gasteiger partial charge in [-0.2, -0.15) is 5.10 Å². The van der Waals surface area contributed by atoms with Crippen LogP contribution >= 0.6 is 11.6 Å². The molecule has 0 radical (unpaired) electrons. The summed E-state index contributed by atoms with van der Waals surface area (Å²) in [5, 5.41) is 8.09. The van der Waals surface area contributed by atoms with E-state index in [0.717, 1.165) is 40.9 Å². The minimum atomic E-state index is -0.0655. The molecule has 4 nitrogen and oxygen atoms in total. The van der Waals surface area contributed by atoms with Crippen molar-refractivity contribution in [3.05, 3.63) is 76.6 Å². The third-order valence-corrected chi connectivity index (χ3v) is 4.72. The molecule has 0 aliphatic rings. The van der Waals surface area contributed by atoms with Crippen molar-refractivity contribution >= 4 is 23.2 Å². The van der Waals surface area contributed by atoms with Gasteiger partial charge in [0.1, 0.15) is 0 Å². The van der Waals surface area contributed by atoms with Crippen LogP contribution < -0.4 is 5.32 Å². The van der Waals surface area contributed by atoms with Crippen molar-refractivity contribution in [1.82, 2.24) is 9.78 Å². The van der Waals surface area contributed by atoms with Gasteiger partial charge in [-0.05, 0) is 47.7 Å². The monoisotopic (exact) mass is 367 g/mol. The Morgan fingerprint density at radius 1 is 1.12 bits per heavy atom. The molecular formula is C21H22ClN3O. The Morgan fingerprint density at radius 3 is 2.58 bits per heavy atom. The van der Waals surface area contributed by atoms with E-state index in [0.29, 0.717) is 5.02 Å². The van der Waals surface area contributed by atoms with Gasteiger partial charge in [-0.3, -0.25) is 4.79 Å². The van der Waals surface area contributed by atoms with Crippen LogP contribution in [0.5, 0.6) is 0 Å². The average Bonchev–Trinajstić information content (AvgIpc) is 3.11. The Balaban J connectivity index is 1.76. The normalized spacial score (nSPS) is 10.7. The molecule has 3 aromatic rings. The van der Waals surface area contributed by atoms with Gasteiger partial charge in [-0.25, -0.2) is 4.68 Å². The van der Waals surface area contributed by atoms with Crippen LogP contribution in [-0.2, 0) is 24.1 Å². The van der Waals surface area contributed by atoms with E-state index in [2.05, 4.69) is 17.3 Å². The van der Waals surface area contributed by atoms with Gasteiger partial charge in [0.05, 0.1) is 18.3 Å². The zero-order valence-corrected chi connectivity index (χ0v) is 15.8. The van der Waals surface area contributed by atoms with Gasteiger partial charge in [0.25, 0.3) is 0 Å². The Bertz CT molecular complexity index is 903. The smallest absolute Gasteiger partial charge is 0.228 e. The second kappa shape index (κ2) is 8.19. The number of anilines is 1. The number of halogens is 1. The van der Waals surface area contributed by atoms with Gasteiger partial charge in [-0.1, -0.05) is 49.7 Å². The summed E-state index contributed by atoms with van der Waals surface area (Å²) in [6.07, 6.45) is 5.49. The Kier molecular flexibility index (Phi) is 5.74. The number of nitrogens with zero attached hydrogens (tertiary/aromatic N) is 2. The molecular weight excluding hydrogens is 346 g/mol. The van der Waals surface area contributed by atoms with E-state index in [1.807, 2.05) is 55.6 Å². The van der Waals surface area contributed by atoms with Crippen LogP contribution in [-0.4, -0.2) is 15.7 Å². The summed E-state index contributed by atoms with van der Waals surface area (Å²) in [6, 6.07) is 13.7. The standard InChI is InChI=1S/C21H22ClN3O/c1-3-16-10-11-19(22)18(4-2)21(16)24-20(26)12-15-13-23-25(14-15)17-8-6-5-7-9-17/h5-11,13-14H,3-4,12H2,1-2H3,(H,24,26). The molecule has 134 valence electrons. The topological polar surface area (TPSA) is 46.9 Å². The number of aryl methyl sites for hydroxylation is 1. The lowest BCUT2D eigenvalue weighted by Gasteiger charge is -2.15. The van der Waals surface area contributed by atoms with Crippen LogP contribution in [0.15, 0.2) is 54.9 Å². The van der Waals surface area contributed by atoms with Crippen molar-refractivity contribution in [2.75, 3.05) is 5.32 Å². The molecule has 26 heavy (non-hydrogen) atoms. The molecule has 0 saturated carbocycles. The predicted octanol–water partition coefficient (Wildman–Crippen LogP) is 4.83. The molecule has 1 N–H and O–H groups in total. The summed E-state index contributed by atoms with van der Waals surface area (Å²) >= 11 is 6.31. The highest BCUT2D eigenvalue weighted by Crippen LogP contribution is 2.29. The van der Waals surface area contributed by atoms with Crippen molar-refractivity contribution in [3.8, 4) is 5.69 Å². The Labute approximate surface area is 158 Å². The average molecular weight is 368 g/mol. The third kappa shape index (κ3) is 3.97. The minimum Gasteiger partial charge on any atom is -0.325 e. The molecule has 1 heterocycles. The highest BCUT2D eigenvalue weighted by Gasteiger charge is 2.14. The van der Waals surface area contributed by atoms with Crippen molar-refractivity contribution in [2.45, 2.75) is 33.1 Å². The molecule has 0 aliphatic carbocycles. The van der Waals surface area contributed by atoms with Crippen LogP contribution in [0, 0.1) is 0 Å². The number of carbonyl (C=O) groups is 1. The number of benzene rings is 2. The minimum absolute atomic E-state index is 0.0655. The highest BCUT2D eigenvalue weighted by atomic mass is 35.5. The molecule has 0 unspecified atom stereocenters. The number of aromatic nitrogens is 2. The zero-order chi connectivity index (χ0) is 18.5. The van der Waals surface area contributed by atoms with Gasteiger partial charge in [0.15, 0.2) is 0 Å². The summed E-state index contributed by atoms with van der Waals surface area (Å²) in [6.45, 7) is 4.11. The maximum atomic E-state index is 12.6. The molecule has 0 saturated heterocycles. The lowest BCUT2D eigenvalue weighted by Crippen LogP contribution is -2.17. The first-order valence-electron chi connectivity index (χ1n) is 8.81. The van der Waals surface area contributed by atoms with E-state index in [9.17, 15) is 4.79 Å². The lowest BCUT2D eigenvalue weighted by molar-refractivity contribution is -0.115. The molecule has 0 spiro atoms. The van der Waals surface area contributed by atoms with E-state index < -0.39 is 0 Å². The second-order valence-corrected chi connectivity index (χ2v) is 6.53. The fraction of sp³-hybridized carbons (Fsp3) is 0.238. The van der Waals surface area contributed by atoms with Crippen molar-refractivity contribution in [1.29, 1.82) is 0 Å². The van der Waals surface area contributed by atoms with Crippen LogP contribution in [0.2, 0.25) is 5.02 Å². The van der Waals surface area contributed by atoms with Crippen LogP contribution in [0.4, 0.5) is 5.69 Å². The molecule has 1 aromatic heterocycles. The third-order valence-electron chi connectivity index (χ3n) is 4.36. The van der Waals surface area contributed by atoms with E-state index in [-0.39, 0.29) is 12.3 Å². The number of carbonyl (C=O) groups excluding carboxylic acids is 1. The molecule has 3 rings (SSSR count). The van der Waals surface area contributed by atoms with Gasteiger partial charge in [-0.15, -0.1) is 0 Å². The molecule has 0 aliphatic heterocycles. The van der Waals surface area contributed by atoms with E-state index in [1.54, 1.807) is 10.9 Å². The zero-order valence-electron chi connectivity index (χ0n) is 15.0.